The first-order valence-corrected chi connectivity index (χ1v) is 41.2. The lowest BCUT2D eigenvalue weighted by atomic mass is 9.83. The summed E-state index contributed by atoms with van der Waals surface area (Å²) in [7, 11) is -11.8. The van der Waals surface area contributed by atoms with Crippen LogP contribution in [0.25, 0.3) is 6.08 Å². The van der Waals surface area contributed by atoms with Crippen LogP contribution < -0.4 is 10.1 Å². The van der Waals surface area contributed by atoms with Gasteiger partial charge in [0.1, 0.15) is 37.0 Å². The summed E-state index contributed by atoms with van der Waals surface area (Å²) in [5.74, 6) is 0.432. The van der Waals surface area contributed by atoms with Gasteiger partial charge in [0.15, 0.2) is 33.3 Å². The van der Waals surface area contributed by atoms with Crippen LogP contribution in [0.15, 0.2) is 41.5 Å². The third-order valence-electron chi connectivity index (χ3n) is 18.5. The minimum absolute atomic E-state index is 0.0304. The first-order valence-electron chi connectivity index (χ1n) is 26.5. The van der Waals surface area contributed by atoms with Crippen molar-refractivity contribution in [2.75, 3.05) is 13.4 Å². The average Bonchev–Trinajstić information content (AvgIpc) is 3.81. The maximum atomic E-state index is 14.9. The van der Waals surface area contributed by atoms with Crippen LogP contribution >= 0.6 is 0 Å². The SMILES string of the molecule is C/C(=C\c1ccc(O[C@@H]2O[C@H](/C(C)=C/CO)[C@@H]([Si](C)(C)C(C)(C)C)[C@@H]2O[Si](C)(C)C(C)(C)C)cc1)C(=O)N[C@H]1[C@@H](O[Si](C)(C)C(C)(C)C)[C@@H]2OCO[C@@H]2[C@H](O[Si](C)(C)C(C)(C)C)[C@H]1O[Si](C)(C)C(C)(C)C. The molecule has 1 aromatic rings. The van der Waals surface area contributed by atoms with Crippen LogP contribution in [0, 0.1) is 0 Å². The Labute approximate surface area is 438 Å². The van der Waals surface area contributed by atoms with Crippen LogP contribution in [0.3, 0.4) is 0 Å². The van der Waals surface area contributed by atoms with Gasteiger partial charge >= 0.3 is 0 Å². The summed E-state index contributed by atoms with van der Waals surface area (Å²) in [5.41, 5.74) is 2.46. The molecule has 2 N–H and O–H groups in total. The smallest absolute Gasteiger partial charge is 0.247 e. The fraction of sp³-hybridized carbons (Fsp3) is 0.800. The Morgan fingerprint density at radius 3 is 1.45 bits per heavy atom. The third kappa shape index (κ3) is 13.8. The molecule has 3 fully saturated rings. The zero-order chi connectivity index (χ0) is 54.7. The molecular formula is C55H103NO10Si5. The first-order chi connectivity index (χ1) is 31.8. The van der Waals surface area contributed by atoms with E-state index in [0.717, 1.165) is 11.1 Å². The van der Waals surface area contributed by atoms with Crippen molar-refractivity contribution in [3.05, 3.63) is 47.1 Å². The van der Waals surface area contributed by atoms with Gasteiger partial charge in [0.05, 0.1) is 39.0 Å². The predicted octanol–water partition coefficient (Wildman–Crippen LogP) is 13.8. The Balaban J connectivity index is 1.77. The minimum atomic E-state index is -2.49. The van der Waals surface area contributed by atoms with E-state index in [1.807, 2.05) is 43.3 Å². The van der Waals surface area contributed by atoms with E-state index in [1.54, 1.807) is 0 Å². The molecule has 1 saturated carbocycles. The van der Waals surface area contributed by atoms with Crippen LogP contribution in [0.5, 0.6) is 5.75 Å². The Kier molecular flexibility index (Phi) is 19.0. The van der Waals surface area contributed by atoms with E-state index < -0.39 is 84.2 Å². The van der Waals surface area contributed by atoms with Crippen molar-refractivity contribution in [3.8, 4) is 5.75 Å². The summed E-state index contributed by atoms with van der Waals surface area (Å²) >= 11 is 0. The van der Waals surface area contributed by atoms with Crippen molar-refractivity contribution in [2.45, 2.75) is 269 Å². The highest BCUT2D eigenvalue weighted by Gasteiger charge is 2.62. The quantitative estimate of drug-likeness (QED) is 0.0940. The number of hydrogen-bond acceptors (Lipinski definition) is 10. The van der Waals surface area contributed by atoms with Gasteiger partial charge in [-0.2, -0.15) is 0 Å². The summed E-state index contributed by atoms with van der Waals surface area (Å²) in [6.45, 7) is 60.9. The number of rotatable bonds is 16. The molecule has 4 rings (SSSR count). The van der Waals surface area contributed by atoms with Gasteiger partial charge < -0.3 is 47.1 Å². The number of carbonyl (C=O) groups is 1. The van der Waals surface area contributed by atoms with E-state index in [0.29, 0.717) is 11.3 Å². The topological polar surface area (TPSA) is 123 Å². The number of ether oxygens (including phenoxy) is 4. The van der Waals surface area contributed by atoms with Gasteiger partial charge in [0, 0.05) is 11.1 Å². The van der Waals surface area contributed by atoms with Crippen LogP contribution in [0.4, 0.5) is 0 Å². The molecular weight excluding hydrogens is 975 g/mol. The lowest BCUT2D eigenvalue weighted by Crippen LogP contribution is -2.73. The van der Waals surface area contributed by atoms with Gasteiger partial charge in [-0.1, -0.05) is 135 Å². The van der Waals surface area contributed by atoms with E-state index in [4.69, 9.17) is 36.7 Å². The first kappa shape index (κ1) is 62.3. The Bertz CT molecular complexity index is 2030. The molecule has 1 aliphatic carbocycles. The summed E-state index contributed by atoms with van der Waals surface area (Å²) < 4.78 is 56.5. The molecule has 1 aromatic carbocycles. The van der Waals surface area contributed by atoms with Gasteiger partial charge in [0.2, 0.25) is 12.2 Å². The number of carbonyl (C=O) groups excluding carboxylic acids is 1. The number of aliphatic hydroxyl groups excluding tert-OH is 1. The van der Waals surface area contributed by atoms with Gasteiger partial charge in [-0.3, -0.25) is 4.79 Å². The highest BCUT2D eigenvalue weighted by atomic mass is 28.4. The monoisotopic (exact) mass is 1080 g/mol. The number of aliphatic hydroxyl groups is 1. The molecule has 0 spiro atoms. The molecule has 71 heavy (non-hydrogen) atoms. The second kappa shape index (κ2) is 21.6. The summed E-state index contributed by atoms with van der Waals surface area (Å²) in [6.07, 6.45) is 0.00146. The number of amides is 1. The number of nitrogens with one attached hydrogen (secondary N) is 1. The molecule has 16 heteroatoms. The maximum absolute atomic E-state index is 14.9. The predicted molar refractivity (Wildman–Crippen MR) is 306 cm³/mol. The fourth-order valence-electron chi connectivity index (χ4n) is 8.55. The van der Waals surface area contributed by atoms with Crippen LogP contribution in [-0.2, 0) is 36.7 Å². The zero-order valence-electron chi connectivity index (χ0n) is 49.8. The average molecular weight is 1080 g/mol. The molecule has 0 radical (unpaired) electrons. The van der Waals surface area contributed by atoms with Crippen molar-refractivity contribution in [2.24, 2.45) is 0 Å². The molecule has 408 valence electrons. The van der Waals surface area contributed by atoms with E-state index in [2.05, 4.69) is 182 Å². The third-order valence-corrected chi connectivity index (χ3v) is 42.6. The second-order valence-corrected chi connectivity index (χ2v) is 53.5. The molecule has 3 aliphatic rings. The standard InChI is InChI=1S/C55H103NO10Si5/c1-36(32-33-57)41-48(67(18,19)51(3,4)5)47(66-71(26,27)55(15,16)17)50(62-41)61-39-30-28-38(29-31-39)34-37(2)49(58)56-40-42(63-68(20,21)52(6,7)8)44-45(60-35-59-44)46(65-70(24,25)54(12,13)14)43(40)64-69(22,23)53(9,10)11/h28-32,34,40-48,50,57H,33,35H2,1-27H3,(H,56,58)/b36-32+,37-34+/t40-,41+,42+,43-,44-,45-,46+,47-,48+,50+/m0/s1. The van der Waals surface area contributed by atoms with Crippen molar-refractivity contribution < 1.29 is 46.6 Å². The lowest BCUT2D eigenvalue weighted by Gasteiger charge is -2.55. The molecule has 1 amide bonds. The van der Waals surface area contributed by atoms with E-state index in [-0.39, 0.29) is 62.2 Å². The van der Waals surface area contributed by atoms with E-state index in [9.17, 15) is 9.90 Å². The van der Waals surface area contributed by atoms with Gasteiger partial charge in [-0.15, -0.1) is 0 Å². The Morgan fingerprint density at radius 1 is 0.620 bits per heavy atom. The van der Waals surface area contributed by atoms with Crippen LogP contribution in [-0.4, -0.2) is 121 Å². The Morgan fingerprint density at radius 2 is 1.03 bits per heavy atom. The van der Waals surface area contributed by atoms with E-state index >= 15 is 0 Å². The summed E-state index contributed by atoms with van der Waals surface area (Å²) in [5, 5.41) is 13.2. The van der Waals surface area contributed by atoms with Crippen molar-refractivity contribution in [1.29, 1.82) is 0 Å². The molecule has 2 heterocycles. The highest BCUT2D eigenvalue weighted by Crippen LogP contribution is 2.55. The number of fused-ring (bicyclic) bond motifs is 1. The molecule has 11 nitrogen and oxygen atoms in total. The molecule has 2 saturated heterocycles. The van der Waals surface area contributed by atoms with Gasteiger partial charge in [0.25, 0.3) is 0 Å². The summed E-state index contributed by atoms with van der Waals surface area (Å²) in [6, 6.07) is 7.25. The van der Waals surface area contributed by atoms with Crippen molar-refractivity contribution in [3.63, 3.8) is 0 Å². The number of hydrogen-bond donors (Lipinski definition) is 2. The van der Waals surface area contributed by atoms with Crippen LogP contribution in [0.2, 0.25) is 96.2 Å². The van der Waals surface area contributed by atoms with Crippen LogP contribution in [0.1, 0.15) is 123 Å². The summed E-state index contributed by atoms with van der Waals surface area (Å²) in [4.78, 5) is 14.9. The lowest BCUT2D eigenvalue weighted by molar-refractivity contribution is -0.144. The van der Waals surface area contributed by atoms with E-state index in [1.165, 1.54) is 0 Å². The second-order valence-electron chi connectivity index (χ2n) is 28.8. The van der Waals surface area contributed by atoms with Crippen molar-refractivity contribution >= 4 is 53.3 Å². The largest absolute Gasteiger partial charge is 0.462 e. The zero-order valence-corrected chi connectivity index (χ0v) is 54.8. The fourth-order valence-corrected chi connectivity index (χ4v) is 17.1. The molecule has 0 bridgehead atoms. The minimum Gasteiger partial charge on any atom is -0.462 e. The number of benzene rings is 1. The highest BCUT2D eigenvalue weighted by molar-refractivity contribution is 6.82. The normalized spacial score (nSPS) is 28.3. The Hall–Kier alpha value is -1.27. The molecule has 0 unspecified atom stereocenters. The molecule has 10 atom stereocenters. The van der Waals surface area contributed by atoms with Crippen molar-refractivity contribution in [1.82, 2.24) is 5.32 Å². The van der Waals surface area contributed by atoms with Gasteiger partial charge in [-0.25, -0.2) is 0 Å². The molecule has 0 aromatic heterocycles. The maximum Gasteiger partial charge on any atom is 0.247 e. The molecule has 2 aliphatic heterocycles. The van der Waals surface area contributed by atoms with Gasteiger partial charge in [-0.05, 0) is 121 Å².